The summed E-state index contributed by atoms with van der Waals surface area (Å²) in [5, 5.41) is 1.85. The molecular formula is C21H27N3O2S. The number of rotatable bonds is 4. The Morgan fingerprint density at radius 2 is 2.07 bits per heavy atom. The largest absolute Gasteiger partial charge is 0.340 e. The van der Waals surface area contributed by atoms with E-state index in [9.17, 15) is 9.59 Å². The molecule has 1 amide bonds. The number of carbonyl (C=O) groups is 1. The highest BCUT2D eigenvalue weighted by molar-refractivity contribution is 7.07. The van der Waals surface area contributed by atoms with Gasteiger partial charge in [-0.05, 0) is 37.8 Å². The first-order valence-electron chi connectivity index (χ1n) is 9.76. The Hall–Kier alpha value is -1.92. The second kappa shape index (κ2) is 7.24. The van der Waals surface area contributed by atoms with E-state index in [2.05, 4.69) is 0 Å². The summed E-state index contributed by atoms with van der Waals surface area (Å²) in [4.78, 5) is 27.3. The van der Waals surface area contributed by atoms with Crippen LogP contribution < -0.4 is 10.6 Å². The SMILES string of the molecule is Cc1ccc(-c2csc(=O)n2CC(=O)N2CC3CCCCC3(CN)C2)cc1. The summed E-state index contributed by atoms with van der Waals surface area (Å²) in [6, 6.07) is 8.07. The molecule has 2 aliphatic rings. The highest BCUT2D eigenvalue weighted by Gasteiger charge is 2.47. The predicted molar refractivity (Wildman–Crippen MR) is 109 cm³/mol. The third-order valence-corrected chi connectivity index (χ3v) is 7.24. The molecule has 4 rings (SSSR count). The number of thiazole rings is 1. The minimum Gasteiger partial charge on any atom is -0.340 e. The molecule has 2 N–H and O–H groups in total. The fourth-order valence-corrected chi connectivity index (χ4v) is 5.54. The third kappa shape index (κ3) is 3.36. The normalized spacial score (nSPS) is 24.8. The zero-order valence-electron chi connectivity index (χ0n) is 15.8. The number of hydrogen-bond acceptors (Lipinski definition) is 4. The summed E-state index contributed by atoms with van der Waals surface area (Å²) < 4.78 is 1.62. The smallest absolute Gasteiger partial charge is 0.308 e. The lowest BCUT2D eigenvalue weighted by atomic mass is 9.68. The van der Waals surface area contributed by atoms with Crippen LogP contribution in [0.15, 0.2) is 34.4 Å². The monoisotopic (exact) mass is 385 g/mol. The van der Waals surface area contributed by atoms with Crippen molar-refractivity contribution < 1.29 is 4.79 Å². The van der Waals surface area contributed by atoms with Gasteiger partial charge in [0.2, 0.25) is 5.91 Å². The van der Waals surface area contributed by atoms with Crippen molar-refractivity contribution in [2.75, 3.05) is 19.6 Å². The average molecular weight is 386 g/mol. The van der Waals surface area contributed by atoms with E-state index in [1.165, 1.54) is 18.4 Å². The molecule has 0 radical (unpaired) electrons. The molecular weight excluding hydrogens is 358 g/mol. The predicted octanol–water partition coefficient (Wildman–Crippen LogP) is 2.86. The minimum atomic E-state index is -0.0796. The number of aryl methyl sites for hydroxylation is 1. The molecule has 5 nitrogen and oxygen atoms in total. The first kappa shape index (κ1) is 18.4. The quantitative estimate of drug-likeness (QED) is 0.880. The van der Waals surface area contributed by atoms with Crippen LogP contribution in [0, 0.1) is 18.3 Å². The Kier molecular flexibility index (Phi) is 4.95. The number of carbonyl (C=O) groups excluding carboxylic acids is 1. The Labute approximate surface area is 163 Å². The second-order valence-electron chi connectivity index (χ2n) is 8.12. The number of hydrogen-bond donors (Lipinski definition) is 1. The minimum absolute atomic E-state index is 0.0334. The average Bonchev–Trinajstić information content (AvgIpc) is 3.24. The molecule has 1 saturated carbocycles. The molecule has 2 fully saturated rings. The molecule has 1 aliphatic heterocycles. The van der Waals surface area contributed by atoms with Crippen molar-refractivity contribution in [2.24, 2.45) is 17.1 Å². The summed E-state index contributed by atoms with van der Waals surface area (Å²) in [6.45, 7) is 4.32. The lowest BCUT2D eigenvalue weighted by Crippen LogP contribution is -2.41. The number of nitrogens with two attached hydrogens (primary N) is 1. The number of amides is 1. The van der Waals surface area contributed by atoms with Crippen molar-refractivity contribution >= 4 is 17.2 Å². The van der Waals surface area contributed by atoms with E-state index < -0.39 is 0 Å². The molecule has 2 atom stereocenters. The lowest BCUT2D eigenvalue weighted by Gasteiger charge is -2.37. The van der Waals surface area contributed by atoms with Gasteiger partial charge in [-0.2, -0.15) is 0 Å². The maximum Gasteiger partial charge on any atom is 0.308 e. The van der Waals surface area contributed by atoms with Gasteiger partial charge >= 0.3 is 4.87 Å². The number of likely N-dealkylation sites (tertiary alicyclic amines) is 1. The standard InChI is InChI=1S/C21H27N3O2S/c1-15-5-7-16(8-6-15)18-12-27-20(26)24(18)11-19(25)23-10-17-4-2-3-9-21(17,13-22)14-23/h5-8,12,17H,2-4,9-11,13-14,22H2,1H3. The molecule has 1 aromatic heterocycles. The molecule has 1 aliphatic carbocycles. The maximum atomic E-state index is 13.0. The summed E-state index contributed by atoms with van der Waals surface area (Å²) in [7, 11) is 0. The summed E-state index contributed by atoms with van der Waals surface area (Å²) >= 11 is 1.16. The maximum absolute atomic E-state index is 13.0. The fourth-order valence-electron chi connectivity index (χ4n) is 4.77. The van der Waals surface area contributed by atoms with Crippen molar-refractivity contribution in [3.63, 3.8) is 0 Å². The molecule has 144 valence electrons. The Bertz CT molecular complexity index is 886. The summed E-state index contributed by atoms with van der Waals surface area (Å²) in [5.74, 6) is 0.544. The van der Waals surface area contributed by atoms with E-state index in [0.29, 0.717) is 12.5 Å². The van der Waals surface area contributed by atoms with Gasteiger partial charge in [0.15, 0.2) is 0 Å². The van der Waals surface area contributed by atoms with Crippen LogP contribution >= 0.6 is 11.3 Å². The van der Waals surface area contributed by atoms with E-state index in [1.54, 1.807) is 4.57 Å². The van der Waals surface area contributed by atoms with Crippen LogP contribution in [-0.2, 0) is 11.3 Å². The third-order valence-electron chi connectivity index (χ3n) is 6.47. The van der Waals surface area contributed by atoms with E-state index in [1.807, 2.05) is 41.5 Å². The number of fused-ring (bicyclic) bond motifs is 1. The highest BCUT2D eigenvalue weighted by atomic mass is 32.1. The fraction of sp³-hybridized carbons (Fsp3) is 0.524. The van der Waals surface area contributed by atoms with Gasteiger partial charge < -0.3 is 10.6 Å². The van der Waals surface area contributed by atoms with Crippen LogP contribution in [0.25, 0.3) is 11.3 Å². The molecule has 2 heterocycles. The van der Waals surface area contributed by atoms with Crippen molar-refractivity contribution in [1.82, 2.24) is 9.47 Å². The zero-order chi connectivity index (χ0) is 19.0. The number of nitrogens with zero attached hydrogens (tertiary/aromatic N) is 2. The first-order valence-corrected chi connectivity index (χ1v) is 10.6. The molecule has 1 saturated heterocycles. The van der Waals surface area contributed by atoms with Gasteiger partial charge in [-0.3, -0.25) is 14.2 Å². The molecule has 0 bridgehead atoms. The van der Waals surface area contributed by atoms with Gasteiger partial charge in [-0.1, -0.05) is 54.0 Å². The van der Waals surface area contributed by atoms with Gasteiger partial charge in [-0.15, -0.1) is 0 Å². The van der Waals surface area contributed by atoms with E-state index in [4.69, 9.17) is 5.73 Å². The van der Waals surface area contributed by atoms with Crippen LogP contribution in [0.5, 0.6) is 0 Å². The molecule has 1 aromatic carbocycles. The summed E-state index contributed by atoms with van der Waals surface area (Å²) in [5.41, 5.74) is 9.18. The topological polar surface area (TPSA) is 68.3 Å². The van der Waals surface area contributed by atoms with Crippen molar-refractivity contribution in [3.8, 4) is 11.3 Å². The van der Waals surface area contributed by atoms with Crippen LogP contribution in [0.2, 0.25) is 0 Å². The van der Waals surface area contributed by atoms with Crippen LogP contribution in [-0.4, -0.2) is 35.0 Å². The van der Waals surface area contributed by atoms with Gasteiger partial charge in [-0.25, -0.2) is 0 Å². The second-order valence-corrected chi connectivity index (χ2v) is 8.94. The molecule has 2 unspecified atom stereocenters. The van der Waals surface area contributed by atoms with Crippen molar-refractivity contribution in [1.29, 1.82) is 0 Å². The Morgan fingerprint density at radius 1 is 1.30 bits per heavy atom. The van der Waals surface area contributed by atoms with Crippen molar-refractivity contribution in [3.05, 3.63) is 44.9 Å². The van der Waals surface area contributed by atoms with Crippen LogP contribution in [0.1, 0.15) is 31.2 Å². The lowest BCUT2D eigenvalue weighted by molar-refractivity contribution is -0.131. The first-order chi connectivity index (χ1) is 13.0. The Balaban J connectivity index is 1.55. The van der Waals surface area contributed by atoms with Crippen molar-refractivity contribution in [2.45, 2.75) is 39.2 Å². The zero-order valence-corrected chi connectivity index (χ0v) is 16.6. The molecule has 6 heteroatoms. The van der Waals surface area contributed by atoms with Gasteiger partial charge in [0.05, 0.1) is 5.69 Å². The summed E-state index contributed by atoms with van der Waals surface area (Å²) in [6.07, 6.45) is 4.71. The van der Waals surface area contributed by atoms with Gasteiger partial charge in [0.25, 0.3) is 0 Å². The van der Waals surface area contributed by atoms with Gasteiger partial charge in [0, 0.05) is 23.9 Å². The van der Waals surface area contributed by atoms with E-state index >= 15 is 0 Å². The van der Waals surface area contributed by atoms with Crippen LogP contribution in [0.3, 0.4) is 0 Å². The number of aromatic nitrogens is 1. The molecule has 2 aromatic rings. The number of benzene rings is 1. The van der Waals surface area contributed by atoms with Gasteiger partial charge in [0.1, 0.15) is 6.54 Å². The van der Waals surface area contributed by atoms with E-state index in [-0.39, 0.29) is 22.7 Å². The van der Waals surface area contributed by atoms with Crippen LogP contribution in [0.4, 0.5) is 0 Å². The van der Waals surface area contributed by atoms with E-state index in [0.717, 1.165) is 48.5 Å². The Morgan fingerprint density at radius 3 is 2.78 bits per heavy atom. The molecule has 0 spiro atoms. The molecule has 27 heavy (non-hydrogen) atoms. The highest BCUT2D eigenvalue weighted by Crippen LogP contribution is 2.46.